The Morgan fingerprint density at radius 1 is 1.53 bits per heavy atom. The van der Waals surface area contributed by atoms with Gasteiger partial charge < -0.3 is 10.2 Å². The van der Waals surface area contributed by atoms with Crippen molar-refractivity contribution in [2.45, 2.75) is 19.9 Å². The molecule has 0 aliphatic carbocycles. The summed E-state index contributed by atoms with van der Waals surface area (Å²) in [4.78, 5) is 24.6. The molecule has 2 rings (SSSR count). The third-order valence-corrected chi connectivity index (χ3v) is 3.39. The van der Waals surface area contributed by atoms with Crippen molar-refractivity contribution in [2.75, 3.05) is 19.6 Å². The van der Waals surface area contributed by atoms with E-state index < -0.39 is 4.92 Å². The minimum atomic E-state index is -0.452. The number of rotatable bonds is 2. The van der Waals surface area contributed by atoms with Crippen LogP contribution in [0.25, 0.3) is 0 Å². The minimum absolute atomic E-state index is 0.00553. The number of carbonyl (C=O) groups excluding carboxylic acids is 1. The fourth-order valence-corrected chi connectivity index (χ4v) is 2.34. The van der Waals surface area contributed by atoms with E-state index in [1.807, 2.05) is 6.92 Å². The zero-order valence-corrected chi connectivity index (χ0v) is 11.0. The first-order valence-electron chi connectivity index (χ1n) is 6.27. The van der Waals surface area contributed by atoms with Gasteiger partial charge in [-0.1, -0.05) is 6.07 Å². The van der Waals surface area contributed by atoms with Crippen LogP contribution in [0.4, 0.5) is 5.69 Å². The maximum Gasteiger partial charge on any atom is 0.273 e. The van der Waals surface area contributed by atoms with Crippen molar-refractivity contribution < 1.29 is 9.72 Å². The maximum absolute atomic E-state index is 12.4. The summed E-state index contributed by atoms with van der Waals surface area (Å²) >= 11 is 0. The molecule has 1 saturated heterocycles. The number of hydrogen-bond donors (Lipinski definition) is 1. The lowest BCUT2D eigenvalue weighted by Gasteiger charge is -2.32. The Balaban J connectivity index is 2.28. The Hall–Kier alpha value is -1.95. The van der Waals surface area contributed by atoms with Gasteiger partial charge >= 0.3 is 0 Å². The van der Waals surface area contributed by atoms with Crippen LogP contribution in [-0.4, -0.2) is 41.4 Å². The molecule has 0 spiro atoms. The average Bonchev–Trinajstić information content (AvgIpc) is 2.38. The van der Waals surface area contributed by atoms with Crippen LogP contribution >= 0.6 is 0 Å². The standard InChI is InChI=1S/C13H17N3O3/c1-9-8-15(7-6-14-9)13(17)11-4-3-5-12(10(11)2)16(18)19/h3-5,9,14H,6-8H2,1-2H3/t9-/m0/s1. The van der Waals surface area contributed by atoms with Crippen molar-refractivity contribution in [3.05, 3.63) is 39.4 Å². The summed E-state index contributed by atoms with van der Waals surface area (Å²) in [6, 6.07) is 4.88. The monoisotopic (exact) mass is 263 g/mol. The smallest absolute Gasteiger partial charge is 0.273 e. The van der Waals surface area contributed by atoms with Gasteiger partial charge in [0.2, 0.25) is 0 Å². The first-order valence-corrected chi connectivity index (χ1v) is 6.27. The first-order chi connectivity index (χ1) is 9.00. The topological polar surface area (TPSA) is 75.5 Å². The Kier molecular flexibility index (Phi) is 3.80. The van der Waals surface area contributed by atoms with Gasteiger partial charge in [-0.25, -0.2) is 0 Å². The molecule has 1 aliphatic rings. The molecule has 1 amide bonds. The van der Waals surface area contributed by atoms with Gasteiger partial charge in [-0.15, -0.1) is 0 Å². The summed E-state index contributed by atoms with van der Waals surface area (Å²) in [5, 5.41) is 14.2. The molecule has 1 aromatic rings. The normalized spacial score (nSPS) is 19.3. The SMILES string of the molecule is Cc1c(C(=O)N2CCN[C@@H](C)C2)cccc1[N+](=O)[O-]. The Bertz CT molecular complexity index is 516. The highest BCUT2D eigenvalue weighted by molar-refractivity contribution is 5.96. The third kappa shape index (κ3) is 2.73. The van der Waals surface area contributed by atoms with Gasteiger partial charge in [-0.2, -0.15) is 0 Å². The Morgan fingerprint density at radius 2 is 2.26 bits per heavy atom. The number of nitro benzene ring substituents is 1. The predicted octanol–water partition coefficient (Wildman–Crippen LogP) is 1.34. The lowest BCUT2D eigenvalue weighted by Crippen LogP contribution is -2.51. The van der Waals surface area contributed by atoms with Gasteiger partial charge in [0, 0.05) is 42.9 Å². The molecular formula is C13H17N3O3. The molecule has 1 N–H and O–H groups in total. The first kappa shape index (κ1) is 13.5. The average molecular weight is 263 g/mol. The van der Waals surface area contributed by atoms with Crippen LogP contribution in [0.2, 0.25) is 0 Å². The second-order valence-electron chi connectivity index (χ2n) is 4.81. The van der Waals surface area contributed by atoms with E-state index in [4.69, 9.17) is 0 Å². The second kappa shape index (κ2) is 5.36. The van der Waals surface area contributed by atoms with E-state index in [1.165, 1.54) is 6.07 Å². The van der Waals surface area contributed by atoms with E-state index in [9.17, 15) is 14.9 Å². The molecule has 102 valence electrons. The minimum Gasteiger partial charge on any atom is -0.336 e. The third-order valence-electron chi connectivity index (χ3n) is 3.39. The van der Waals surface area contributed by atoms with E-state index in [0.29, 0.717) is 24.2 Å². The van der Waals surface area contributed by atoms with E-state index in [0.717, 1.165) is 6.54 Å². The molecule has 1 heterocycles. The van der Waals surface area contributed by atoms with E-state index >= 15 is 0 Å². The van der Waals surface area contributed by atoms with E-state index in [2.05, 4.69) is 5.32 Å². The van der Waals surface area contributed by atoms with Crippen molar-refractivity contribution in [1.82, 2.24) is 10.2 Å². The zero-order valence-electron chi connectivity index (χ0n) is 11.0. The Labute approximate surface area is 111 Å². The summed E-state index contributed by atoms with van der Waals surface area (Å²) in [5.41, 5.74) is 0.848. The highest BCUT2D eigenvalue weighted by Gasteiger charge is 2.25. The molecule has 0 saturated carbocycles. The molecule has 6 nitrogen and oxygen atoms in total. The van der Waals surface area contributed by atoms with Gasteiger partial charge in [0.05, 0.1) is 4.92 Å². The van der Waals surface area contributed by atoms with Crippen molar-refractivity contribution in [2.24, 2.45) is 0 Å². The molecule has 6 heteroatoms. The maximum atomic E-state index is 12.4. The number of hydrogen-bond acceptors (Lipinski definition) is 4. The fraction of sp³-hybridized carbons (Fsp3) is 0.462. The molecule has 0 radical (unpaired) electrons. The molecule has 1 aliphatic heterocycles. The van der Waals surface area contributed by atoms with Gasteiger partial charge in [0.15, 0.2) is 0 Å². The van der Waals surface area contributed by atoms with Crippen LogP contribution in [0.1, 0.15) is 22.8 Å². The van der Waals surface area contributed by atoms with Crippen LogP contribution in [0.5, 0.6) is 0 Å². The number of carbonyl (C=O) groups is 1. The van der Waals surface area contributed by atoms with Crippen molar-refractivity contribution >= 4 is 11.6 Å². The molecule has 19 heavy (non-hydrogen) atoms. The van der Waals surface area contributed by atoms with Crippen molar-refractivity contribution in [3.8, 4) is 0 Å². The van der Waals surface area contributed by atoms with Gasteiger partial charge in [0.1, 0.15) is 0 Å². The molecule has 0 aromatic heterocycles. The number of amides is 1. The number of piperazine rings is 1. The largest absolute Gasteiger partial charge is 0.336 e. The summed E-state index contributed by atoms with van der Waals surface area (Å²) in [6.45, 7) is 5.64. The van der Waals surface area contributed by atoms with E-state index in [-0.39, 0.29) is 17.6 Å². The summed E-state index contributed by atoms with van der Waals surface area (Å²) < 4.78 is 0. The van der Waals surface area contributed by atoms with Crippen LogP contribution in [0.3, 0.4) is 0 Å². The zero-order chi connectivity index (χ0) is 14.0. The Morgan fingerprint density at radius 3 is 2.89 bits per heavy atom. The highest BCUT2D eigenvalue weighted by Crippen LogP contribution is 2.22. The van der Waals surface area contributed by atoms with Crippen LogP contribution in [0.15, 0.2) is 18.2 Å². The number of nitro groups is 1. The van der Waals surface area contributed by atoms with Gasteiger partial charge in [0.25, 0.3) is 11.6 Å². The highest BCUT2D eigenvalue weighted by atomic mass is 16.6. The quantitative estimate of drug-likeness (QED) is 0.645. The lowest BCUT2D eigenvalue weighted by molar-refractivity contribution is -0.385. The van der Waals surface area contributed by atoms with Crippen LogP contribution in [0, 0.1) is 17.0 Å². The summed E-state index contributed by atoms with van der Waals surface area (Å²) in [5.74, 6) is -0.130. The van der Waals surface area contributed by atoms with Crippen LogP contribution in [-0.2, 0) is 0 Å². The molecule has 1 atom stereocenters. The van der Waals surface area contributed by atoms with Gasteiger partial charge in [-0.3, -0.25) is 14.9 Å². The predicted molar refractivity (Wildman–Crippen MR) is 71.2 cm³/mol. The number of nitrogens with zero attached hydrogens (tertiary/aromatic N) is 2. The van der Waals surface area contributed by atoms with Gasteiger partial charge in [-0.05, 0) is 19.9 Å². The number of nitrogens with one attached hydrogen (secondary N) is 1. The van der Waals surface area contributed by atoms with Crippen LogP contribution < -0.4 is 5.32 Å². The molecule has 0 bridgehead atoms. The molecule has 1 fully saturated rings. The lowest BCUT2D eigenvalue weighted by atomic mass is 10.0. The number of benzene rings is 1. The summed E-state index contributed by atoms with van der Waals surface area (Å²) in [7, 11) is 0. The molecule has 1 aromatic carbocycles. The summed E-state index contributed by atoms with van der Waals surface area (Å²) in [6.07, 6.45) is 0. The van der Waals surface area contributed by atoms with Crippen molar-refractivity contribution in [3.63, 3.8) is 0 Å². The van der Waals surface area contributed by atoms with E-state index in [1.54, 1.807) is 24.0 Å². The fourth-order valence-electron chi connectivity index (χ4n) is 2.34. The second-order valence-corrected chi connectivity index (χ2v) is 4.81. The van der Waals surface area contributed by atoms with Crippen molar-refractivity contribution in [1.29, 1.82) is 0 Å². The molecule has 0 unspecified atom stereocenters. The molecular weight excluding hydrogens is 246 g/mol.